The Labute approximate surface area is 220 Å². The molecule has 2 heterocycles. The zero-order valence-corrected chi connectivity index (χ0v) is 23.2. The molecule has 0 bridgehead atoms. The van der Waals surface area contributed by atoms with E-state index in [1.54, 1.807) is 0 Å². The van der Waals surface area contributed by atoms with Gasteiger partial charge in [0.25, 0.3) is 0 Å². The number of esters is 2. The van der Waals surface area contributed by atoms with Crippen LogP contribution >= 0.6 is 0 Å². The molecule has 1 saturated heterocycles. The number of cyclic esters (lactones) is 1. The molecule has 13 atom stereocenters. The van der Waals surface area contributed by atoms with E-state index in [1.165, 1.54) is 6.92 Å². The van der Waals surface area contributed by atoms with E-state index in [9.17, 15) is 19.8 Å². The first-order chi connectivity index (χ1) is 17.3. The van der Waals surface area contributed by atoms with Gasteiger partial charge < -0.3 is 24.4 Å². The van der Waals surface area contributed by atoms with Crippen molar-refractivity contribution >= 4 is 11.9 Å². The van der Waals surface area contributed by atoms with Gasteiger partial charge in [0.1, 0.15) is 23.9 Å². The SMILES string of the molecule is CC(=O)OC1CC(O)C2(C)C3CCC4(C)C(C(C)C5CC(C)=C(C)C(=O)O5)CCC4C3C3OC3C2(O)C1. The van der Waals surface area contributed by atoms with Gasteiger partial charge in [0, 0.05) is 37.2 Å². The molecule has 7 heteroatoms. The molecule has 6 aliphatic rings. The topological polar surface area (TPSA) is 106 Å². The monoisotopic (exact) mass is 516 g/mol. The van der Waals surface area contributed by atoms with Crippen LogP contribution in [0.5, 0.6) is 0 Å². The maximum Gasteiger partial charge on any atom is 0.333 e. The predicted molar refractivity (Wildman–Crippen MR) is 135 cm³/mol. The maximum atomic E-state index is 12.5. The first kappa shape index (κ1) is 25.8. The first-order valence-electron chi connectivity index (χ1n) is 14.4. The Hall–Kier alpha value is -1.44. The molecule has 0 aromatic rings. The smallest absolute Gasteiger partial charge is 0.333 e. The van der Waals surface area contributed by atoms with Gasteiger partial charge in [0.05, 0.1) is 12.2 Å². The summed E-state index contributed by atoms with van der Waals surface area (Å²) in [5.74, 6) is 1.08. The minimum Gasteiger partial charge on any atom is -0.462 e. The summed E-state index contributed by atoms with van der Waals surface area (Å²) in [6, 6.07) is 0. The Bertz CT molecular complexity index is 1040. The highest BCUT2D eigenvalue weighted by atomic mass is 16.6. The third kappa shape index (κ3) is 3.42. The fourth-order valence-electron chi connectivity index (χ4n) is 10.3. The van der Waals surface area contributed by atoms with Gasteiger partial charge in [-0.15, -0.1) is 0 Å². The highest BCUT2D eigenvalue weighted by Gasteiger charge is 2.78. The Balaban J connectivity index is 1.27. The normalized spacial score (nSPS) is 53.3. The van der Waals surface area contributed by atoms with Crippen molar-refractivity contribution in [3.63, 3.8) is 0 Å². The molecule has 206 valence electrons. The lowest BCUT2D eigenvalue weighted by atomic mass is 9.42. The molecular weight excluding hydrogens is 472 g/mol. The summed E-state index contributed by atoms with van der Waals surface area (Å²) in [6.07, 6.45) is 4.03. The van der Waals surface area contributed by atoms with Crippen LogP contribution < -0.4 is 0 Å². The number of carbonyl (C=O) groups is 2. The number of aliphatic hydroxyl groups excluding tert-OH is 1. The average molecular weight is 517 g/mol. The highest BCUT2D eigenvalue weighted by molar-refractivity contribution is 5.89. The molecule has 0 spiro atoms. The Morgan fingerprint density at radius 2 is 1.89 bits per heavy atom. The summed E-state index contributed by atoms with van der Waals surface area (Å²) < 4.78 is 17.7. The minimum atomic E-state index is -1.20. The number of ether oxygens (including phenoxy) is 3. The van der Waals surface area contributed by atoms with Crippen LogP contribution in [0.3, 0.4) is 0 Å². The second kappa shape index (κ2) is 8.28. The van der Waals surface area contributed by atoms with E-state index >= 15 is 0 Å². The maximum absolute atomic E-state index is 12.5. The van der Waals surface area contributed by atoms with Crippen molar-refractivity contribution in [2.24, 2.45) is 40.4 Å². The third-order valence-corrected chi connectivity index (χ3v) is 12.5. The van der Waals surface area contributed by atoms with Crippen LogP contribution in [-0.2, 0) is 23.8 Å². The largest absolute Gasteiger partial charge is 0.462 e. The molecule has 2 N–H and O–H groups in total. The lowest BCUT2D eigenvalue weighted by molar-refractivity contribution is -0.252. The van der Waals surface area contributed by atoms with Crippen LogP contribution in [0.25, 0.3) is 0 Å². The van der Waals surface area contributed by atoms with Crippen molar-refractivity contribution < 1.29 is 34.0 Å². The summed E-state index contributed by atoms with van der Waals surface area (Å²) in [7, 11) is 0. The van der Waals surface area contributed by atoms with Gasteiger partial charge in [0.2, 0.25) is 0 Å². The molecule has 2 aliphatic heterocycles. The van der Waals surface area contributed by atoms with Crippen LogP contribution in [0, 0.1) is 40.4 Å². The van der Waals surface area contributed by atoms with Gasteiger partial charge in [0.15, 0.2) is 0 Å². The molecule has 37 heavy (non-hydrogen) atoms. The van der Waals surface area contributed by atoms with Gasteiger partial charge in [-0.25, -0.2) is 4.79 Å². The first-order valence-corrected chi connectivity index (χ1v) is 14.4. The average Bonchev–Trinajstić information content (AvgIpc) is 3.55. The number of hydrogen-bond donors (Lipinski definition) is 2. The van der Waals surface area contributed by atoms with Gasteiger partial charge in [-0.05, 0) is 74.5 Å². The fraction of sp³-hybridized carbons (Fsp3) is 0.867. The Morgan fingerprint density at radius 1 is 1.16 bits per heavy atom. The van der Waals surface area contributed by atoms with Gasteiger partial charge >= 0.3 is 11.9 Å². The lowest BCUT2D eigenvalue weighted by Gasteiger charge is -2.63. The van der Waals surface area contributed by atoms with E-state index in [1.807, 2.05) is 6.92 Å². The quantitative estimate of drug-likeness (QED) is 0.432. The summed E-state index contributed by atoms with van der Waals surface area (Å²) in [5, 5.41) is 23.6. The van der Waals surface area contributed by atoms with Crippen molar-refractivity contribution in [1.29, 1.82) is 0 Å². The molecule has 13 unspecified atom stereocenters. The van der Waals surface area contributed by atoms with E-state index in [-0.39, 0.29) is 47.5 Å². The van der Waals surface area contributed by atoms with Crippen LogP contribution in [0.1, 0.15) is 86.5 Å². The molecule has 5 fully saturated rings. The standard InChI is InChI=1S/C30H44O7/c1-14-11-22(36-27(33)15(14)2)16(3)19-7-8-20-24-21(9-10-28(19,20)5)29(6)23(32)12-18(35-17(4)31)13-30(29,34)26-25(24)37-26/h16,18-26,32,34H,7-13H2,1-6H3. The summed E-state index contributed by atoms with van der Waals surface area (Å²) in [4.78, 5) is 24.1. The molecule has 4 aliphatic carbocycles. The molecule has 0 aromatic heterocycles. The van der Waals surface area contributed by atoms with Crippen molar-refractivity contribution in [3.8, 4) is 0 Å². The van der Waals surface area contributed by atoms with Crippen molar-refractivity contribution in [1.82, 2.24) is 0 Å². The predicted octanol–water partition coefficient (Wildman–Crippen LogP) is 3.94. The summed E-state index contributed by atoms with van der Waals surface area (Å²) >= 11 is 0. The fourth-order valence-corrected chi connectivity index (χ4v) is 10.3. The molecule has 0 amide bonds. The van der Waals surface area contributed by atoms with Crippen molar-refractivity contribution in [2.45, 2.75) is 123 Å². The van der Waals surface area contributed by atoms with Crippen molar-refractivity contribution in [3.05, 3.63) is 11.1 Å². The van der Waals surface area contributed by atoms with Crippen LogP contribution in [-0.4, -0.2) is 58.3 Å². The van der Waals surface area contributed by atoms with E-state index in [0.717, 1.165) is 43.3 Å². The van der Waals surface area contributed by atoms with Gasteiger partial charge in [-0.1, -0.05) is 26.3 Å². The third-order valence-electron chi connectivity index (χ3n) is 12.5. The number of rotatable bonds is 3. The molecular formula is C30H44O7. The molecule has 0 radical (unpaired) electrons. The number of epoxide rings is 1. The summed E-state index contributed by atoms with van der Waals surface area (Å²) in [5.41, 5.74) is 0.104. The van der Waals surface area contributed by atoms with Gasteiger partial charge in [-0.3, -0.25) is 4.79 Å². The zero-order chi connectivity index (χ0) is 26.7. The lowest BCUT2D eigenvalue weighted by Crippen LogP contribution is -2.71. The molecule has 4 saturated carbocycles. The second-order valence-electron chi connectivity index (χ2n) is 13.8. The Kier molecular flexibility index (Phi) is 5.78. The molecule has 0 aromatic carbocycles. The van der Waals surface area contributed by atoms with Crippen LogP contribution in [0.2, 0.25) is 0 Å². The van der Waals surface area contributed by atoms with E-state index in [4.69, 9.17) is 14.2 Å². The molecule has 6 rings (SSSR count). The second-order valence-corrected chi connectivity index (χ2v) is 13.8. The Morgan fingerprint density at radius 3 is 2.57 bits per heavy atom. The van der Waals surface area contributed by atoms with Crippen molar-refractivity contribution in [2.75, 3.05) is 0 Å². The number of hydrogen-bond acceptors (Lipinski definition) is 7. The number of fused-ring (bicyclic) bond motifs is 8. The van der Waals surface area contributed by atoms with Crippen LogP contribution in [0.15, 0.2) is 11.1 Å². The summed E-state index contributed by atoms with van der Waals surface area (Å²) in [6.45, 7) is 12.1. The number of carbonyl (C=O) groups excluding carboxylic acids is 2. The zero-order valence-electron chi connectivity index (χ0n) is 23.2. The van der Waals surface area contributed by atoms with Gasteiger partial charge in [-0.2, -0.15) is 0 Å². The molecule has 7 nitrogen and oxygen atoms in total. The minimum absolute atomic E-state index is 0.00892. The van der Waals surface area contributed by atoms with Crippen LogP contribution in [0.4, 0.5) is 0 Å². The number of aliphatic hydroxyl groups is 2. The highest BCUT2D eigenvalue weighted by Crippen LogP contribution is 2.73. The van der Waals surface area contributed by atoms with E-state index in [0.29, 0.717) is 30.6 Å². The van der Waals surface area contributed by atoms with E-state index in [2.05, 4.69) is 27.7 Å². The van der Waals surface area contributed by atoms with E-state index < -0.39 is 23.2 Å².